The number of nitrogens with one attached hydrogen (secondary N) is 2. The van der Waals surface area contributed by atoms with E-state index in [1.807, 2.05) is 6.07 Å². The van der Waals surface area contributed by atoms with Crippen LogP contribution in [0.1, 0.15) is 29.5 Å². The van der Waals surface area contributed by atoms with E-state index in [0.717, 1.165) is 25.2 Å². The number of nitrogens with two attached hydrogens (primary N) is 1. The maximum absolute atomic E-state index is 11.4. The Balaban J connectivity index is 1.94. The van der Waals surface area contributed by atoms with Crippen LogP contribution in [0.25, 0.3) is 0 Å². The largest absolute Gasteiger partial charge is 0.352 e. The number of carbonyl (C=O) groups excluding carboxylic acids is 2. The zero-order valence-electron chi connectivity index (χ0n) is 11.4. The molecule has 20 heavy (non-hydrogen) atoms. The summed E-state index contributed by atoms with van der Waals surface area (Å²) in [5.74, 6) is 4.69. The average Bonchev–Trinajstić information content (AvgIpc) is 2.84. The lowest BCUT2D eigenvalue weighted by Crippen LogP contribution is -2.35. The van der Waals surface area contributed by atoms with E-state index in [1.165, 1.54) is 6.92 Å². The molecule has 1 aromatic heterocycles. The van der Waals surface area contributed by atoms with Gasteiger partial charge in [-0.3, -0.25) is 19.9 Å². The molecule has 0 bridgehead atoms. The molecule has 1 aliphatic heterocycles. The van der Waals surface area contributed by atoms with E-state index in [0.29, 0.717) is 12.2 Å². The standard InChI is InChI=1S/C13H19N5O2/c1-9(19)15-11-5-6-18(8-11)7-10-3-2-4-12(16-10)13(20)17-14/h2-4,11H,5-8,14H2,1H3,(H,15,19)(H,17,20). The lowest BCUT2D eigenvalue weighted by atomic mass is 10.2. The number of likely N-dealkylation sites (tertiary alicyclic amines) is 1. The Bertz CT molecular complexity index is 505. The third-order valence-corrected chi connectivity index (χ3v) is 3.24. The molecule has 1 saturated heterocycles. The predicted octanol–water partition coefficient (Wildman–Crippen LogP) is -0.604. The maximum Gasteiger partial charge on any atom is 0.283 e. The molecule has 1 aromatic rings. The van der Waals surface area contributed by atoms with Crippen LogP contribution in [-0.4, -0.2) is 40.8 Å². The Labute approximate surface area is 117 Å². The van der Waals surface area contributed by atoms with Crippen molar-refractivity contribution in [3.8, 4) is 0 Å². The minimum absolute atomic E-state index is 0.00316. The lowest BCUT2D eigenvalue weighted by molar-refractivity contribution is -0.119. The first kappa shape index (κ1) is 14.4. The third-order valence-electron chi connectivity index (χ3n) is 3.24. The van der Waals surface area contributed by atoms with Gasteiger partial charge in [0, 0.05) is 32.6 Å². The van der Waals surface area contributed by atoms with Crippen LogP contribution >= 0.6 is 0 Å². The highest BCUT2D eigenvalue weighted by Gasteiger charge is 2.23. The van der Waals surface area contributed by atoms with Gasteiger partial charge < -0.3 is 5.32 Å². The van der Waals surface area contributed by atoms with Crippen LogP contribution in [0.5, 0.6) is 0 Å². The van der Waals surface area contributed by atoms with E-state index < -0.39 is 5.91 Å². The molecule has 1 aliphatic rings. The summed E-state index contributed by atoms with van der Waals surface area (Å²) >= 11 is 0. The number of hydrazine groups is 1. The van der Waals surface area contributed by atoms with Crippen molar-refractivity contribution in [3.05, 3.63) is 29.6 Å². The Morgan fingerprint density at radius 2 is 2.30 bits per heavy atom. The Morgan fingerprint density at radius 3 is 3.00 bits per heavy atom. The van der Waals surface area contributed by atoms with E-state index in [1.54, 1.807) is 12.1 Å². The number of nitrogen functional groups attached to an aromatic ring is 1. The summed E-state index contributed by atoms with van der Waals surface area (Å²) in [5, 5.41) is 2.91. The van der Waals surface area contributed by atoms with Crippen molar-refractivity contribution in [2.75, 3.05) is 13.1 Å². The summed E-state index contributed by atoms with van der Waals surface area (Å²) in [6.45, 7) is 3.88. The fourth-order valence-corrected chi connectivity index (χ4v) is 2.38. The van der Waals surface area contributed by atoms with E-state index in [4.69, 9.17) is 5.84 Å². The maximum atomic E-state index is 11.4. The molecular weight excluding hydrogens is 258 g/mol. The van der Waals surface area contributed by atoms with Gasteiger partial charge in [0.25, 0.3) is 5.91 Å². The van der Waals surface area contributed by atoms with Gasteiger partial charge in [-0.25, -0.2) is 10.8 Å². The van der Waals surface area contributed by atoms with Gasteiger partial charge in [0.2, 0.25) is 5.91 Å². The van der Waals surface area contributed by atoms with Crippen LogP contribution < -0.4 is 16.6 Å². The number of carbonyl (C=O) groups is 2. The van der Waals surface area contributed by atoms with Crippen LogP contribution in [0.3, 0.4) is 0 Å². The lowest BCUT2D eigenvalue weighted by Gasteiger charge is -2.16. The molecule has 2 amide bonds. The summed E-state index contributed by atoms with van der Waals surface area (Å²) < 4.78 is 0. The molecule has 108 valence electrons. The van der Waals surface area contributed by atoms with Crippen molar-refractivity contribution >= 4 is 11.8 Å². The molecule has 4 N–H and O–H groups in total. The van der Waals surface area contributed by atoms with Gasteiger partial charge in [0.05, 0.1) is 5.69 Å². The Morgan fingerprint density at radius 1 is 1.50 bits per heavy atom. The Hall–Kier alpha value is -1.99. The van der Waals surface area contributed by atoms with Crippen molar-refractivity contribution < 1.29 is 9.59 Å². The van der Waals surface area contributed by atoms with Gasteiger partial charge in [0.1, 0.15) is 5.69 Å². The number of hydrogen-bond donors (Lipinski definition) is 3. The molecule has 0 aliphatic carbocycles. The van der Waals surface area contributed by atoms with Gasteiger partial charge in [-0.05, 0) is 18.6 Å². The molecule has 1 unspecified atom stereocenters. The molecule has 0 spiro atoms. The first-order valence-corrected chi connectivity index (χ1v) is 6.55. The second-order valence-electron chi connectivity index (χ2n) is 4.91. The number of pyridine rings is 1. The highest BCUT2D eigenvalue weighted by Crippen LogP contribution is 2.12. The number of aromatic nitrogens is 1. The first-order valence-electron chi connectivity index (χ1n) is 6.55. The first-order chi connectivity index (χ1) is 9.58. The molecular formula is C13H19N5O2. The predicted molar refractivity (Wildman–Crippen MR) is 73.4 cm³/mol. The van der Waals surface area contributed by atoms with Crippen LogP contribution in [0, 0.1) is 0 Å². The van der Waals surface area contributed by atoms with Crippen LogP contribution in [0.15, 0.2) is 18.2 Å². The summed E-state index contributed by atoms with van der Waals surface area (Å²) in [6, 6.07) is 5.48. The second kappa shape index (κ2) is 6.44. The van der Waals surface area contributed by atoms with Crippen molar-refractivity contribution in [2.45, 2.75) is 25.9 Å². The minimum atomic E-state index is -0.399. The fraction of sp³-hybridized carbons (Fsp3) is 0.462. The molecule has 1 fully saturated rings. The minimum Gasteiger partial charge on any atom is -0.352 e. The van der Waals surface area contributed by atoms with Gasteiger partial charge in [-0.15, -0.1) is 0 Å². The molecule has 0 saturated carbocycles. The summed E-state index contributed by atoms with van der Waals surface area (Å²) in [5.41, 5.74) is 3.19. The topological polar surface area (TPSA) is 100 Å². The van der Waals surface area contributed by atoms with Crippen LogP contribution in [0.2, 0.25) is 0 Å². The summed E-state index contributed by atoms with van der Waals surface area (Å²) in [7, 11) is 0. The quantitative estimate of drug-likeness (QED) is 0.387. The summed E-state index contributed by atoms with van der Waals surface area (Å²) in [6.07, 6.45) is 0.933. The molecule has 1 atom stereocenters. The highest BCUT2D eigenvalue weighted by atomic mass is 16.2. The van der Waals surface area contributed by atoms with E-state index in [2.05, 4.69) is 20.6 Å². The number of nitrogens with zero attached hydrogens (tertiary/aromatic N) is 2. The number of hydrogen-bond acceptors (Lipinski definition) is 5. The zero-order valence-corrected chi connectivity index (χ0v) is 11.4. The van der Waals surface area contributed by atoms with Crippen molar-refractivity contribution in [1.82, 2.24) is 20.6 Å². The number of amides is 2. The molecule has 7 nitrogen and oxygen atoms in total. The van der Waals surface area contributed by atoms with E-state index in [9.17, 15) is 9.59 Å². The molecule has 0 aromatic carbocycles. The van der Waals surface area contributed by atoms with Crippen molar-refractivity contribution in [1.29, 1.82) is 0 Å². The number of rotatable bonds is 4. The Kier molecular flexibility index (Phi) is 4.65. The highest BCUT2D eigenvalue weighted by molar-refractivity contribution is 5.91. The second-order valence-corrected chi connectivity index (χ2v) is 4.91. The monoisotopic (exact) mass is 277 g/mol. The van der Waals surface area contributed by atoms with Crippen LogP contribution in [0.4, 0.5) is 0 Å². The van der Waals surface area contributed by atoms with E-state index >= 15 is 0 Å². The van der Waals surface area contributed by atoms with Gasteiger partial charge in [-0.1, -0.05) is 6.07 Å². The summed E-state index contributed by atoms with van der Waals surface area (Å²) in [4.78, 5) is 28.9. The van der Waals surface area contributed by atoms with Gasteiger partial charge >= 0.3 is 0 Å². The third kappa shape index (κ3) is 3.75. The van der Waals surface area contributed by atoms with Gasteiger partial charge in [-0.2, -0.15) is 0 Å². The molecule has 2 heterocycles. The van der Waals surface area contributed by atoms with Crippen molar-refractivity contribution in [3.63, 3.8) is 0 Å². The van der Waals surface area contributed by atoms with Crippen LogP contribution in [-0.2, 0) is 11.3 Å². The average molecular weight is 277 g/mol. The smallest absolute Gasteiger partial charge is 0.283 e. The van der Waals surface area contributed by atoms with E-state index in [-0.39, 0.29) is 11.9 Å². The fourth-order valence-electron chi connectivity index (χ4n) is 2.38. The molecule has 0 radical (unpaired) electrons. The zero-order chi connectivity index (χ0) is 14.5. The molecule has 2 rings (SSSR count). The van der Waals surface area contributed by atoms with Gasteiger partial charge in [0.15, 0.2) is 0 Å². The van der Waals surface area contributed by atoms with Crippen molar-refractivity contribution in [2.24, 2.45) is 5.84 Å². The molecule has 7 heteroatoms. The normalized spacial score (nSPS) is 18.8. The SMILES string of the molecule is CC(=O)NC1CCN(Cc2cccc(C(=O)NN)n2)C1.